The zero-order valence-electron chi connectivity index (χ0n) is 15.5. The molecule has 2 aliphatic rings. The van der Waals surface area contributed by atoms with Crippen molar-refractivity contribution in [3.8, 4) is 0 Å². The standard InChI is InChI=1S/C18H34N2O3/c1-6-18(7-8-18)13-19-14(2)11-15-12-22-10-9-20(15)16(21)23-17(3,4)5/h14-15,19H,6-13H2,1-5H3. The third-order valence-electron chi connectivity index (χ3n) is 5.01. The molecule has 5 nitrogen and oxygen atoms in total. The molecule has 0 aromatic carbocycles. The number of hydrogen-bond acceptors (Lipinski definition) is 4. The molecular formula is C18H34N2O3. The monoisotopic (exact) mass is 326 g/mol. The number of nitrogens with zero attached hydrogens (tertiary/aromatic N) is 1. The fourth-order valence-electron chi connectivity index (χ4n) is 3.13. The van der Waals surface area contributed by atoms with Crippen LogP contribution in [-0.4, -0.2) is 55.0 Å². The molecular weight excluding hydrogens is 292 g/mol. The number of ether oxygens (including phenoxy) is 2. The number of carbonyl (C=O) groups is 1. The Morgan fingerprint density at radius 1 is 1.43 bits per heavy atom. The largest absolute Gasteiger partial charge is 0.444 e. The molecule has 1 aliphatic heterocycles. The molecule has 2 fully saturated rings. The molecule has 0 radical (unpaired) electrons. The van der Waals surface area contributed by atoms with E-state index in [0.29, 0.717) is 31.2 Å². The number of rotatable bonds is 6. The molecule has 0 bridgehead atoms. The van der Waals surface area contributed by atoms with Crippen LogP contribution in [0.15, 0.2) is 0 Å². The summed E-state index contributed by atoms with van der Waals surface area (Å²) in [6, 6.07) is 0.466. The van der Waals surface area contributed by atoms with Crippen LogP contribution in [0.3, 0.4) is 0 Å². The van der Waals surface area contributed by atoms with E-state index in [1.807, 2.05) is 25.7 Å². The van der Waals surface area contributed by atoms with Crippen LogP contribution >= 0.6 is 0 Å². The summed E-state index contributed by atoms with van der Waals surface area (Å²) in [7, 11) is 0. The van der Waals surface area contributed by atoms with Crippen LogP contribution in [0.1, 0.15) is 60.3 Å². The predicted octanol–water partition coefficient (Wildman–Crippen LogP) is 3.18. The second kappa shape index (κ2) is 7.39. The fourth-order valence-corrected chi connectivity index (χ4v) is 3.13. The topological polar surface area (TPSA) is 50.8 Å². The van der Waals surface area contributed by atoms with E-state index in [1.54, 1.807) is 0 Å². The summed E-state index contributed by atoms with van der Waals surface area (Å²) < 4.78 is 11.1. The van der Waals surface area contributed by atoms with Crippen molar-refractivity contribution < 1.29 is 14.3 Å². The van der Waals surface area contributed by atoms with Gasteiger partial charge in [-0.3, -0.25) is 0 Å². The lowest BCUT2D eigenvalue weighted by Gasteiger charge is -2.38. The smallest absolute Gasteiger partial charge is 0.410 e. The lowest BCUT2D eigenvalue weighted by molar-refractivity contribution is -0.0356. The average molecular weight is 326 g/mol. The molecule has 5 heteroatoms. The summed E-state index contributed by atoms with van der Waals surface area (Å²) in [6.45, 7) is 13.1. The Morgan fingerprint density at radius 3 is 2.70 bits per heavy atom. The van der Waals surface area contributed by atoms with Gasteiger partial charge in [-0.1, -0.05) is 6.92 Å². The Kier molecular flexibility index (Phi) is 5.95. The molecule has 0 aromatic rings. The Labute approximate surface area is 141 Å². The molecule has 2 rings (SSSR count). The van der Waals surface area contributed by atoms with Crippen molar-refractivity contribution in [2.24, 2.45) is 5.41 Å². The van der Waals surface area contributed by atoms with E-state index >= 15 is 0 Å². The number of hydrogen-bond donors (Lipinski definition) is 1. The quantitative estimate of drug-likeness (QED) is 0.814. The number of morpholine rings is 1. The molecule has 1 saturated carbocycles. The first-order valence-electron chi connectivity index (χ1n) is 9.05. The van der Waals surface area contributed by atoms with Gasteiger partial charge in [0.25, 0.3) is 0 Å². The fraction of sp³-hybridized carbons (Fsp3) is 0.944. The van der Waals surface area contributed by atoms with Gasteiger partial charge in [0.2, 0.25) is 0 Å². The lowest BCUT2D eigenvalue weighted by atomic mass is 10.0. The van der Waals surface area contributed by atoms with Crippen molar-refractivity contribution in [1.82, 2.24) is 10.2 Å². The van der Waals surface area contributed by atoms with Gasteiger partial charge in [-0.25, -0.2) is 4.79 Å². The molecule has 134 valence electrons. The molecule has 1 amide bonds. The highest BCUT2D eigenvalue weighted by Crippen LogP contribution is 2.47. The van der Waals surface area contributed by atoms with Crippen LogP contribution in [0.25, 0.3) is 0 Å². The normalized spacial score (nSPS) is 25.1. The van der Waals surface area contributed by atoms with Crippen LogP contribution in [0.2, 0.25) is 0 Å². The van der Waals surface area contributed by atoms with Gasteiger partial charge in [0, 0.05) is 19.1 Å². The summed E-state index contributed by atoms with van der Waals surface area (Å²) in [5.41, 5.74) is 0.0888. The zero-order chi connectivity index (χ0) is 17.1. The van der Waals surface area contributed by atoms with Crippen molar-refractivity contribution in [1.29, 1.82) is 0 Å². The first-order valence-corrected chi connectivity index (χ1v) is 9.05. The van der Waals surface area contributed by atoms with Crippen LogP contribution < -0.4 is 5.32 Å². The first-order chi connectivity index (χ1) is 10.7. The van der Waals surface area contributed by atoms with Crippen LogP contribution in [0.4, 0.5) is 4.79 Å². The molecule has 2 atom stereocenters. The minimum atomic E-state index is -0.455. The molecule has 23 heavy (non-hydrogen) atoms. The van der Waals surface area contributed by atoms with Gasteiger partial charge in [-0.15, -0.1) is 0 Å². The van der Waals surface area contributed by atoms with E-state index < -0.39 is 5.60 Å². The molecule has 1 aliphatic carbocycles. The van der Waals surface area contributed by atoms with E-state index in [9.17, 15) is 4.79 Å². The first kappa shape index (κ1) is 18.5. The van der Waals surface area contributed by atoms with E-state index in [2.05, 4.69) is 19.2 Å². The molecule has 0 aromatic heterocycles. The Bertz CT molecular complexity index is 402. The maximum atomic E-state index is 12.4. The minimum absolute atomic E-state index is 0.0953. The van der Waals surface area contributed by atoms with Gasteiger partial charge in [-0.05, 0) is 58.8 Å². The second-order valence-electron chi connectivity index (χ2n) is 8.27. The molecule has 1 N–H and O–H groups in total. The van der Waals surface area contributed by atoms with E-state index in [1.165, 1.54) is 19.3 Å². The van der Waals surface area contributed by atoms with Crippen molar-refractivity contribution in [3.05, 3.63) is 0 Å². The summed E-state index contributed by atoms with van der Waals surface area (Å²) >= 11 is 0. The van der Waals surface area contributed by atoms with Gasteiger partial charge in [-0.2, -0.15) is 0 Å². The highest BCUT2D eigenvalue weighted by Gasteiger charge is 2.40. The summed E-state index contributed by atoms with van der Waals surface area (Å²) in [4.78, 5) is 14.3. The van der Waals surface area contributed by atoms with Gasteiger partial charge in [0.05, 0.1) is 19.3 Å². The van der Waals surface area contributed by atoms with Crippen molar-refractivity contribution >= 4 is 6.09 Å². The van der Waals surface area contributed by atoms with E-state index in [0.717, 1.165) is 13.0 Å². The molecule has 0 spiro atoms. The maximum Gasteiger partial charge on any atom is 0.410 e. The van der Waals surface area contributed by atoms with Crippen molar-refractivity contribution in [2.45, 2.75) is 78.0 Å². The zero-order valence-corrected chi connectivity index (χ0v) is 15.5. The Balaban J connectivity index is 1.84. The highest BCUT2D eigenvalue weighted by molar-refractivity contribution is 5.68. The molecule has 2 unspecified atom stereocenters. The SMILES string of the molecule is CCC1(CNC(C)CC2COCCN2C(=O)OC(C)(C)C)CC1. The van der Waals surface area contributed by atoms with Gasteiger partial charge >= 0.3 is 6.09 Å². The van der Waals surface area contributed by atoms with Crippen LogP contribution in [0.5, 0.6) is 0 Å². The third-order valence-corrected chi connectivity index (χ3v) is 5.01. The lowest BCUT2D eigenvalue weighted by Crippen LogP contribution is -2.52. The number of nitrogens with one attached hydrogen (secondary N) is 1. The predicted molar refractivity (Wildman–Crippen MR) is 91.6 cm³/mol. The Hall–Kier alpha value is -0.810. The van der Waals surface area contributed by atoms with Crippen LogP contribution in [-0.2, 0) is 9.47 Å². The summed E-state index contributed by atoms with van der Waals surface area (Å²) in [5.74, 6) is 0. The highest BCUT2D eigenvalue weighted by atomic mass is 16.6. The van der Waals surface area contributed by atoms with Crippen LogP contribution in [0, 0.1) is 5.41 Å². The van der Waals surface area contributed by atoms with E-state index in [4.69, 9.17) is 9.47 Å². The minimum Gasteiger partial charge on any atom is -0.444 e. The van der Waals surface area contributed by atoms with E-state index in [-0.39, 0.29) is 12.1 Å². The van der Waals surface area contributed by atoms with Crippen molar-refractivity contribution in [3.63, 3.8) is 0 Å². The van der Waals surface area contributed by atoms with Gasteiger partial charge in [0.1, 0.15) is 5.60 Å². The maximum absolute atomic E-state index is 12.4. The van der Waals surface area contributed by atoms with Gasteiger partial charge in [0.15, 0.2) is 0 Å². The second-order valence-corrected chi connectivity index (χ2v) is 8.27. The summed E-state index contributed by atoms with van der Waals surface area (Å²) in [6.07, 6.45) is 4.63. The molecule has 1 saturated heterocycles. The van der Waals surface area contributed by atoms with Crippen molar-refractivity contribution in [2.75, 3.05) is 26.3 Å². The third kappa shape index (κ3) is 5.64. The molecule has 1 heterocycles. The average Bonchev–Trinajstić information content (AvgIpc) is 3.24. The number of carbonyl (C=O) groups excluding carboxylic acids is 1. The Morgan fingerprint density at radius 2 is 2.13 bits per heavy atom. The summed E-state index contributed by atoms with van der Waals surface area (Å²) in [5, 5.41) is 3.66. The van der Waals surface area contributed by atoms with Gasteiger partial charge < -0.3 is 19.7 Å². The number of amides is 1.